The molecule has 0 unspecified atom stereocenters. The molecule has 1 aliphatic carbocycles. The Labute approximate surface area is 186 Å². The van der Waals surface area contributed by atoms with Gasteiger partial charge in [0, 0.05) is 23.2 Å². The zero-order valence-electron chi connectivity index (χ0n) is 18.7. The van der Waals surface area contributed by atoms with E-state index in [0.29, 0.717) is 34.7 Å². The summed E-state index contributed by atoms with van der Waals surface area (Å²) < 4.78 is 5.68. The predicted molar refractivity (Wildman–Crippen MR) is 119 cm³/mol. The molecular weight excluding hydrogens is 408 g/mol. The number of nitrogens with zero attached hydrogens (tertiary/aromatic N) is 3. The Hall–Kier alpha value is -3.49. The quantitative estimate of drug-likeness (QED) is 0.497. The van der Waals surface area contributed by atoms with Gasteiger partial charge in [-0.2, -0.15) is 5.10 Å². The van der Waals surface area contributed by atoms with Crippen LogP contribution in [0.1, 0.15) is 61.7 Å². The van der Waals surface area contributed by atoms with E-state index in [0.717, 1.165) is 12.8 Å². The van der Waals surface area contributed by atoms with Crippen molar-refractivity contribution < 1.29 is 14.0 Å². The molecule has 0 radical (unpaired) electrons. The van der Waals surface area contributed by atoms with Crippen molar-refractivity contribution in [3.63, 3.8) is 0 Å². The number of nitrogens with one attached hydrogen (secondary N) is 3. The number of benzene rings is 1. The second-order valence-electron chi connectivity index (χ2n) is 8.72. The molecule has 1 saturated carbocycles. The zero-order valence-corrected chi connectivity index (χ0v) is 18.7. The summed E-state index contributed by atoms with van der Waals surface area (Å²) in [5.74, 6) is 1.34. The van der Waals surface area contributed by atoms with E-state index < -0.39 is 0 Å². The van der Waals surface area contributed by atoms with Gasteiger partial charge in [0.25, 0.3) is 11.8 Å². The molecule has 9 heteroatoms. The molecule has 2 aromatic heterocycles. The molecule has 0 saturated heterocycles. The first-order chi connectivity index (χ1) is 15.3. The van der Waals surface area contributed by atoms with Crippen molar-refractivity contribution in [2.24, 2.45) is 11.8 Å². The van der Waals surface area contributed by atoms with E-state index >= 15 is 0 Å². The number of oxazole rings is 1. The van der Waals surface area contributed by atoms with Crippen LogP contribution < -0.4 is 10.6 Å². The van der Waals surface area contributed by atoms with Crippen molar-refractivity contribution in [3.05, 3.63) is 42.0 Å². The molecule has 168 valence electrons. The van der Waals surface area contributed by atoms with Crippen LogP contribution in [0.3, 0.4) is 0 Å². The van der Waals surface area contributed by atoms with Crippen LogP contribution in [0.4, 0.5) is 0 Å². The Balaban J connectivity index is 1.47. The van der Waals surface area contributed by atoms with Gasteiger partial charge in [0.05, 0.1) is 6.20 Å². The molecule has 1 fully saturated rings. The fraction of sp³-hybridized carbons (Fsp3) is 0.435. The molecule has 3 N–H and O–H groups in total. The summed E-state index contributed by atoms with van der Waals surface area (Å²) >= 11 is 0. The largest absolute Gasteiger partial charge is 0.431 e. The van der Waals surface area contributed by atoms with Gasteiger partial charge in [-0.25, -0.2) is 9.97 Å². The first kappa shape index (κ1) is 21.7. The van der Waals surface area contributed by atoms with Gasteiger partial charge in [0.2, 0.25) is 17.5 Å². The maximum Gasteiger partial charge on any atom is 0.288 e. The van der Waals surface area contributed by atoms with E-state index in [4.69, 9.17) is 4.42 Å². The summed E-state index contributed by atoms with van der Waals surface area (Å²) in [6.45, 7) is 8.02. The van der Waals surface area contributed by atoms with Gasteiger partial charge in [-0.1, -0.05) is 26.0 Å². The van der Waals surface area contributed by atoms with Crippen LogP contribution in [-0.2, 0) is 0 Å². The molecule has 2 atom stereocenters. The minimum Gasteiger partial charge on any atom is -0.431 e. The molecule has 0 bridgehead atoms. The molecule has 32 heavy (non-hydrogen) atoms. The molecule has 3 aromatic rings. The molecule has 0 spiro atoms. The number of aromatic nitrogens is 4. The van der Waals surface area contributed by atoms with Crippen LogP contribution in [0.5, 0.6) is 0 Å². The Kier molecular flexibility index (Phi) is 6.07. The van der Waals surface area contributed by atoms with Crippen LogP contribution >= 0.6 is 0 Å². The molecule has 9 nitrogen and oxygen atoms in total. The van der Waals surface area contributed by atoms with Crippen LogP contribution in [0, 0.1) is 11.8 Å². The van der Waals surface area contributed by atoms with E-state index in [1.807, 2.05) is 52.0 Å². The lowest BCUT2D eigenvalue weighted by Crippen LogP contribution is -2.35. The average molecular weight is 437 g/mol. The highest BCUT2D eigenvalue weighted by Gasteiger charge is 2.29. The lowest BCUT2D eigenvalue weighted by atomic mass is 10.1. The van der Waals surface area contributed by atoms with Gasteiger partial charge in [-0.05, 0) is 50.7 Å². The van der Waals surface area contributed by atoms with Crippen LogP contribution in [0.25, 0.3) is 22.8 Å². The number of hydrogen-bond donors (Lipinski definition) is 3. The third-order valence-corrected chi connectivity index (χ3v) is 5.84. The van der Waals surface area contributed by atoms with E-state index in [9.17, 15) is 9.59 Å². The normalized spacial score (nSPS) is 15.4. The molecule has 2 heterocycles. The van der Waals surface area contributed by atoms with Gasteiger partial charge in [0.1, 0.15) is 0 Å². The number of rotatable bonds is 8. The highest BCUT2D eigenvalue weighted by molar-refractivity contribution is 5.92. The topological polar surface area (TPSA) is 126 Å². The lowest BCUT2D eigenvalue weighted by Gasteiger charge is -2.16. The standard InChI is InChI=1S/C23H28N6O3/c1-12(2)13(3)25-21(30)18-11-24-23(32-18)17-7-5-6-16(10-17)19-27-20(29-28-19)22(31)26-14(4)15-8-9-15/h5-7,10-15H,8-9H2,1-4H3,(H,25,30)(H,26,31)(H,27,28,29)/t13-,14-/m0/s1. The number of hydrogen-bond acceptors (Lipinski definition) is 6. The highest BCUT2D eigenvalue weighted by atomic mass is 16.4. The number of amides is 2. The minimum atomic E-state index is -0.300. The maximum atomic E-state index is 12.4. The van der Waals surface area contributed by atoms with Gasteiger partial charge in [-0.15, -0.1) is 0 Å². The van der Waals surface area contributed by atoms with E-state index in [1.54, 1.807) is 0 Å². The summed E-state index contributed by atoms with van der Waals surface area (Å²) in [6, 6.07) is 7.43. The van der Waals surface area contributed by atoms with Crippen molar-refractivity contribution in [2.75, 3.05) is 0 Å². The van der Waals surface area contributed by atoms with E-state index in [2.05, 4.69) is 30.8 Å². The summed E-state index contributed by atoms with van der Waals surface area (Å²) in [4.78, 5) is 33.4. The first-order valence-corrected chi connectivity index (χ1v) is 10.9. The zero-order chi connectivity index (χ0) is 22.8. The van der Waals surface area contributed by atoms with Crippen LogP contribution in [0.2, 0.25) is 0 Å². The molecule has 1 aliphatic rings. The highest BCUT2D eigenvalue weighted by Crippen LogP contribution is 2.32. The number of carbonyl (C=O) groups excluding carboxylic acids is 2. The number of aromatic amines is 1. The van der Waals surface area contributed by atoms with E-state index in [1.165, 1.54) is 6.20 Å². The average Bonchev–Trinajstić information content (AvgIpc) is 3.30. The summed E-state index contributed by atoms with van der Waals surface area (Å²) in [6.07, 6.45) is 3.72. The van der Waals surface area contributed by atoms with E-state index in [-0.39, 0.29) is 35.5 Å². The predicted octanol–water partition coefficient (Wildman–Crippen LogP) is 3.43. The van der Waals surface area contributed by atoms with Crippen molar-refractivity contribution >= 4 is 11.8 Å². The molecule has 4 rings (SSSR count). The Bertz CT molecular complexity index is 1040. The van der Waals surface area contributed by atoms with Gasteiger partial charge >= 0.3 is 0 Å². The first-order valence-electron chi connectivity index (χ1n) is 10.9. The van der Waals surface area contributed by atoms with Gasteiger partial charge in [0.15, 0.2) is 5.82 Å². The van der Waals surface area contributed by atoms with Gasteiger partial charge < -0.3 is 15.1 Å². The molecule has 2 amide bonds. The number of carbonyl (C=O) groups is 2. The fourth-order valence-corrected chi connectivity index (χ4v) is 3.23. The van der Waals surface area contributed by atoms with Crippen LogP contribution in [0.15, 0.2) is 34.9 Å². The Morgan fingerprint density at radius 3 is 2.56 bits per heavy atom. The van der Waals surface area contributed by atoms with Crippen LogP contribution in [-0.4, -0.2) is 44.1 Å². The van der Waals surface area contributed by atoms with Crippen molar-refractivity contribution in [1.82, 2.24) is 30.8 Å². The lowest BCUT2D eigenvalue weighted by molar-refractivity contribution is 0.0901. The van der Waals surface area contributed by atoms with Crippen molar-refractivity contribution in [1.29, 1.82) is 0 Å². The second kappa shape index (κ2) is 8.94. The smallest absolute Gasteiger partial charge is 0.288 e. The minimum absolute atomic E-state index is 0.0174. The third kappa shape index (κ3) is 4.87. The maximum absolute atomic E-state index is 12.4. The fourth-order valence-electron chi connectivity index (χ4n) is 3.23. The molecule has 0 aliphatic heterocycles. The monoisotopic (exact) mass is 436 g/mol. The summed E-state index contributed by atoms with van der Waals surface area (Å²) in [5.41, 5.74) is 1.38. The molecular formula is C23H28N6O3. The third-order valence-electron chi connectivity index (χ3n) is 5.84. The van der Waals surface area contributed by atoms with Crippen molar-refractivity contribution in [2.45, 2.75) is 52.6 Å². The summed E-state index contributed by atoms with van der Waals surface area (Å²) in [5, 5.41) is 12.7. The summed E-state index contributed by atoms with van der Waals surface area (Å²) in [7, 11) is 0. The Morgan fingerprint density at radius 2 is 1.84 bits per heavy atom. The molecule has 1 aromatic carbocycles. The van der Waals surface area contributed by atoms with Crippen molar-refractivity contribution in [3.8, 4) is 22.8 Å². The van der Waals surface area contributed by atoms with Gasteiger partial charge in [-0.3, -0.25) is 14.7 Å². The number of H-pyrrole nitrogens is 1. The Morgan fingerprint density at radius 1 is 1.09 bits per heavy atom. The second-order valence-corrected chi connectivity index (χ2v) is 8.72. The SMILES string of the molecule is CC(C)[C@H](C)NC(=O)c1cnc(-c2cccc(-c3n[nH]c(C(=O)N[C@@H](C)C4CC4)n3)c2)o1.